The molecule has 1 N–H and O–H groups in total. The number of alkyl halides is 3. The van der Waals surface area contributed by atoms with E-state index in [9.17, 15) is 31.2 Å². The lowest BCUT2D eigenvalue weighted by atomic mass is 9.90. The number of sulfone groups is 1. The van der Waals surface area contributed by atoms with E-state index in [0.717, 1.165) is 42.5 Å². The van der Waals surface area contributed by atoms with Crippen LogP contribution < -0.4 is 5.32 Å². The first kappa shape index (κ1) is 29.3. The van der Waals surface area contributed by atoms with Crippen molar-refractivity contribution < 1.29 is 31.2 Å². The summed E-state index contributed by atoms with van der Waals surface area (Å²) in [5.74, 6) is -0.931. The first-order chi connectivity index (χ1) is 18.9. The number of carbonyl (C=O) groups is 2. The van der Waals surface area contributed by atoms with E-state index in [2.05, 4.69) is 5.32 Å². The summed E-state index contributed by atoms with van der Waals surface area (Å²) in [6.07, 6.45) is 4.03. The van der Waals surface area contributed by atoms with Crippen LogP contribution in [0.3, 0.4) is 0 Å². The maximum absolute atomic E-state index is 14.1. The summed E-state index contributed by atoms with van der Waals surface area (Å²) in [6.45, 7) is 3.67. The zero-order valence-electron chi connectivity index (χ0n) is 22.2. The van der Waals surface area contributed by atoms with Gasteiger partial charge in [-0.25, -0.2) is 8.42 Å². The van der Waals surface area contributed by atoms with Crippen LogP contribution in [0, 0.1) is 13.8 Å². The molecule has 2 amide bonds. The van der Waals surface area contributed by atoms with Crippen molar-refractivity contribution in [1.29, 1.82) is 0 Å². The molecule has 0 aliphatic heterocycles. The Morgan fingerprint density at radius 1 is 0.850 bits per heavy atom. The standard InChI is InChI=1S/C30H31F3N2O4S/c1-20-10-9-11-21(2)26(20)34-28(36)27(22-16-18-25(19-17-22)40(38,39)30(31,32)33)35(24-14-7-4-8-15-24)29(37)23-12-5-3-6-13-23/h3,5-6,9-13,16-19,24,27H,4,7-8,14-15H2,1-2H3,(H,34,36). The number of nitrogens with zero attached hydrogens (tertiary/aromatic N) is 1. The largest absolute Gasteiger partial charge is 0.501 e. The average molecular weight is 573 g/mol. The van der Waals surface area contributed by atoms with Crippen molar-refractivity contribution >= 4 is 27.3 Å². The molecular formula is C30H31F3N2O4S. The molecule has 6 nitrogen and oxygen atoms in total. The fourth-order valence-electron chi connectivity index (χ4n) is 5.19. The Bertz CT molecular complexity index is 1450. The van der Waals surface area contributed by atoms with Gasteiger partial charge in [-0.05, 0) is 67.6 Å². The topological polar surface area (TPSA) is 83.6 Å². The smallest absolute Gasteiger partial charge is 0.323 e. The summed E-state index contributed by atoms with van der Waals surface area (Å²) >= 11 is 0. The molecule has 1 unspecified atom stereocenters. The van der Waals surface area contributed by atoms with Crippen LogP contribution in [-0.4, -0.2) is 36.7 Å². The quantitative estimate of drug-likeness (QED) is 0.339. The van der Waals surface area contributed by atoms with Crippen LogP contribution in [0.1, 0.15) is 65.2 Å². The van der Waals surface area contributed by atoms with Gasteiger partial charge in [0.2, 0.25) is 0 Å². The Morgan fingerprint density at radius 3 is 1.98 bits per heavy atom. The third-order valence-corrected chi connectivity index (χ3v) is 8.79. The van der Waals surface area contributed by atoms with Crippen LogP contribution in [0.15, 0.2) is 77.7 Å². The highest BCUT2D eigenvalue weighted by Gasteiger charge is 2.47. The van der Waals surface area contributed by atoms with E-state index >= 15 is 0 Å². The molecule has 4 rings (SSSR count). The molecule has 40 heavy (non-hydrogen) atoms. The van der Waals surface area contributed by atoms with Gasteiger partial charge in [0.25, 0.3) is 21.7 Å². The van der Waals surface area contributed by atoms with Gasteiger partial charge in [0, 0.05) is 17.3 Å². The van der Waals surface area contributed by atoms with Crippen LogP contribution in [0.4, 0.5) is 18.9 Å². The van der Waals surface area contributed by atoms with E-state index in [1.165, 1.54) is 17.0 Å². The molecule has 1 aliphatic carbocycles. The van der Waals surface area contributed by atoms with Gasteiger partial charge in [-0.3, -0.25) is 9.59 Å². The monoisotopic (exact) mass is 572 g/mol. The number of rotatable bonds is 7. The third kappa shape index (κ3) is 6.06. The number of aryl methyl sites for hydroxylation is 2. The first-order valence-corrected chi connectivity index (χ1v) is 14.6. The highest BCUT2D eigenvalue weighted by atomic mass is 32.2. The Hall–Kier alpha value is -3.66. The normalized spacial score (nSPS) is 15.3. The van der Waals surface area contributed by atoms with Crippen molar-refractivity contribution in [2.75, 3.05) is 5.32 Å². The maximum atomic E-state index is 14.1. The number of para-hydroxylation sites is 1. The van der Waals surface area contributed by atoms with Gasteiger partial charge < -0.3 is 10.2 Å². The maximum Gasteiger partial charge on any atom is 0.501 e. The van der Waals surface area contributed by atoms with Gasteiger partial charge in [-0.15, -0.1) is 0 Å². The number of halogens is 3. The summed E-state index contributed by atoms with van der Waals surface area (Å²) in [6, 6.07) is 16.5. The van der Waals surface area contributed by atoms with E-state index in [4.69, 9.17) is 0 Å². The summed E-state index contributed by atoms with van der Waals surface area (Å²) in [4.78, 5) is 28.7. The predicted octanol–water partition coefficient (Wildman–Crippen LogP) is 6.75. The molecule has 1 aliphatic rings. The molecule has 10 heteroatoms. The minimum Gasteiger partial charge on any atom is -0.323 e. The van der Waals surface area contributed by atoms with Gasteiger partial charge in [0.1, 0.15) is 6.04 Å². The first-order valence-electron chi connectivity index (χ1n) is 13.1. The SMILES string of the molecule is Cc1cccc(C)c1NC(=O)C(c1ccc(S(=O)(=O)C(F)(F)F)cc1)N(C(=O)c1ccccc1)C1CCCCC1. The van der Waals surface area contributed by atoms with Gasteiger partial charge in [0.05, 0.1) is 4.90 Å². The number of hydrogen-bond acceptors (Lipinski definition) is 4. The Kier molecular flexibility index (Phi) is 8.68. The lowest BCUT2D eigenvalue weighted by molar-refractivity contribution is -0.121. The molecule has 3 aromatic rings. The average Bonchev–Trinajstić information content (AvgIpc) is 2.93. The van der Waals surface area contributed by atoms with Crippen LogP contribution in [0.25, 0.3) is 0 Å². The van der Waals surface area contributed by atoms with Crippen molar-refractivity contribution in [3.05, 3.63) is 95.1 Å². The molecule has 3 aromatic carbocycles. The Balaban J connectivity index is 1.84. The molecule has 0 spiro atoms. The van der Waals surface area contributed by atoms with Gasteiger partial charge in [0.15, 0.2) is 0 Å². The molecular weight excluding hydrogens is 541 g/mol. The zero-order valence-corrected chi connectivity index (χ0v) is 23.1. The van der Waals surface area contributed by atoms with E-state index < -0.39 is 32.2 Å². The summed E-state index contributed by atoms with van der Waals surface area (Å²) < 4.78 is 63.5. The van der Waals surface area contributed by atoms with Gasteiger partial charge in [-0.1, -0.05) is 67.8 Å². The van der Waals surface area contributed by atoms with E-state index in [0.29, 0.717) is 24.1 Å². The molecule has 1 saturated carbocycles. The number of benzene rings is 3. The van der Waals surface area contributed by atoms with Crippen LogP contribution >= 0.6 is 0 Å². The molecule has 0 radical (unpaired) electrons. The zero-order chi connectivity index (χ0) is 29.1. The lowest BCUT2D eigenvalue weighted by Gasteiger charge is -2.40. The van der Waals surface area contributed by atoms with Crippen LogP contribution in [-0.2, 0) is 14.6 Å². The fraction of sp³-hybridized carbons (Fsp3) is 0.333. The van der Waals surface area contributed by atoms with Crippen molar-refractivity contribution in [2.24, 2.45) is 0 Å². The van der Waals surface area contributed by atoms with Crippen molar-refractivity contribution in [3.8, 4) is 0 Å². The summed E-state index contributed by atoms with van der Waals surface area (Å²) in [5.41, 5.74) is -2.71. The molecule has 0 aromatic heterocycles. The second-order valence-electron chi connectivity index (χ2n) is 10.0. The lowest BCUT2D eigenvalue weighted by Crippen LogP contribution is -2.48. The molecule has 1 atom stereocenters. The highest BCUT2D eigenvalue weighted by molar-refractivity contribution is 7.92. The summed E-state index contributed by atoms with van der Waals surface area (Å²) in [5, 5.41) is 2.94. The fourth-order valence-corrected chi connectivity index (χ4v) is 5.95. The predicted molar refractivity (Wildman–Crippen MR) is 146 cm³/mol. The van der Waals surface area contributed by atoms with E-state index in [1.54, 1.807) is 30.3 Å². The third-order valence-electron chi connectivity index (χ3n) is 7.29. The molecule has 0 heterocycles. The van der Waals surface area contributed by atoms with Gasteiger partial charge >= 0.3 is 5.51 Å². The van der Waals surface area contributed by atoms with Crippen molar-refractivity contribution in [3.63, 3.8) is 0 Å². The minimum atomic E-state index is -5.58. The molecule has 1 fully saturated rings. The second kappa shape index (κ2) is 11.8. The highest BCUT2D eigenvalue weighted by Crippen LogP contribution is 2.36. The number of carbonyl (C=O) groups excluding carboxylic acids is 2. The van der Waals surface area contributed by atoms with Gasteiger partial charge in [-0.2, -0.15) is 13.2 Å². The van der Waals surface area contributed by atoms with Crippen LogP contribution in [0.2, 0.25) is 0 Å². The number of hydrogen-bond donors (Lipinski definition) is 1. The summed E-state index contributed by atoms with van der Waals surface area (Å²) in [7, 11) is -5.58. The van der Waals surface area contributed by atoms with Crippen molar-refractivity contribution in [2.45, 2.75) is 68.4 Å². The van der Waals surface area contributed by atoms with E-state index in [-0.39, 0.29) is 17.5 Å². The van der Waals surface area contributed by atoms with E-state index in [1.807, 2.05) is 32.0 Å². The molecule has 0 saturated heterocycles. The number of anilines is 1. The molecule has 0 bridgehead atoms. The Morgan fingerprint density at radius 2 is 1.43 bits per heavy atom. The van der Waals surface area contributed by atoms with Crippen LogP contribution in [0.5, 0.6) is 0 Å². The van der Waals surface area contributed by atoms with Crippen molar-refractivity contribution in [1.82, 2.24) is 4.90 Å². The number of nitrogens with one attached hydrogen (secondary N) is 1. The Labute approximate surface area is 232 Å². The second-order valence-corrected chi connectivity index (χ2v) is 12.0. The molecule has 212 valence electrons. The minimum absolute atomic E-state index is 0.208. The number of amides is 2.